The largest absolute Gasteiger partial charge is 0.872 e. The summed E-state index contributed by atoms with van der Waals surface area (Å²) in [5.41, 5.74) is 3.82. The lowest BCUT2D eigenvalue weighted by atomic mass is 9.68. The van der Waals surface area contributed by atoms with Crippen LogP contribution in [0.4, 0.5) is 5.69 Å². The molecule has 1 aliphatic heterocycles. The van der Waals surface area contributed by atoms with Gasteiger partial charge in [0.15, 0.2) is 5.78 Å². The molecule has 36 heavy (non-hydrogen) atoms. The van der Waals surface area contributed by atoms with E-state index >= 15 is 0 Å². The molecule has 2 N–H and O–H groups in total. The first kappa shape index (κ1) is 22.2. The van der Waals surface area contributed by atoms with E-state index in [4.69, 9.17) is 4.42 Å². The predicted molar refractivity (Wildman–Crippen MR) is 136 cm³/mol. The summed E-state index contributed by atoms with van der Waals surface area (Å²) in [6.45, 7) is 4.25. The van der Waals surface area contributed by atoms with E-state index in [9.17, 15) is 19.8 Å². The summed E-state index contributed by atoms with van der Waals surface area (Å²) in [7, 11) is 0. The Balaban J connectivity index is 1.50. The number of nitrogens with one attached hydrogen (secondary N) is 1. The molecule has 180 valence electrons. The standard InChI is InChI=1S/C30H25NO5/c1-30(2)14-20-26-18-6-4-3-5-16(18)7-9-21(26)31-28(27(20)23(33)15-30)25-12-11-24(36-25)17-8-10-22(32)19(13-17)29(34)35/h3-13,28,31-32H,14-15H2,1-2H3,(H,34,35)/p-1/t28-/m0/s1. The number of rotatable bonds is 3. The Labute approximate surface area is 207 Å². The number of fused-ring (bicyclic) bond motifs is 4. The van der Waals surface area contributed by atoms with Gasteiger partial charge in [-0.1, -0.05) is 62.1 Å². The predicted octanol–water partition coefficient (Wildman–Crippen LogP) is 6.18. The average Bonchev–Trinajstić information content (AvgIpc) is 3.32. The van der Waals surface area contributed by atoms with Gasteiger partial charge in [0.2, 0.25) is 0 Å². The molecule has 0 unspecified atom stereocenters. The van der Waals surface area contributed by atoms with Crippen molar-refractivity contribution in [2.24, 2.45) is 5.41 Å². The van der Waals surface area contributed by atoms with Crippen molar-refractivity contribution in [3.05, 3.63) is 89.2 Å². The lowest BCUT2D eigenvalue weighted by Gasteiger charge is -2.39. The van der Waals surface area contributed by atoms with Crippen molar-refractivity contribution >= 4 is 33.8 Å². The number of carboxylic acids is 1. The molecule has 1 aromatic heterocycles. The van der Waals surface area contributed by atoms with Crippen molar-refractivity contribution in [2.45, 2.75) is 32.7 Å². The highest BCUT2D eigenvalue weighted by Crippen LogP contribution is 2.52. The number of hydrogen-bond acceptors (Lipinski definition) is 5. The minimum absolute atomic E-state index is 0.0964. The van der Waals surface area contributed by atoms with Gasteiger partial charge in [0.1, 0.15) is 17.6 Å². The van der Waals surface area contributed by atoms with E-state index in [-0.39, 0.29) is 16.8 Å². The molecular weight excluding hydrogens is 454 g/mol. The first-order valence-electron chi connectivity index (χ1n) is 11.9. The van der Waals surface area contributed by atoms with Crippen molar-refractivity contribution < 1.29 is 24.2 Å². The number of carbonyl (C=O) groups is 2. The zero-order chi connectivity index (χ0) is 25.2. The third-order valence-corrected chi connectivity index (χ3v) is 7.15. The second kappa shape index (κ2) is 7.85. The van der Waals surface area contributed by atoms with Crippen LogP contribution in [-0.4, -0.2) is 16.9 Å². The van der Waals surface area contributed by atoms with Crippen LogP contribution in [-0.2, 0) is 4.79 Å². The summed E-state index contributed by atoms with van der Waals surface area (Å²) in [5.74, 6) is -0.742. The third-order valence-electron chi connectivity index (χ3n) is 7.15. The Morgan fingerprint density at radius 2 is 1.86 bits per heavy atom. The topological polar surface area (TPSA) is 103 Å². The van der Waals surface area contributed by atoms with Gasteiger partial charge in [-0.2, -0.15) is 0 Å². The van der Waals surface area contributed by atoms with Crippen LogP contribution < -0.4 is 10.4 Å². The zero-order valence-corrected chi connectivity index (χ0v) is 19.9. The lowest BCUT2D eigenvalue weighted by Crippen LogP contribution is -2.33. The Kier molecular flexibility index (Phi) is 4.83. The van der Waals surface area contributed by atoms with Crippen LogP contribution in [0.3, 0.4) is 0 Å². The molecule has 0 bridgehead atoms. The monoisotopic (exact) mass is 478 g/mol. The molecule has 0 saturated heterocycles. The highest BCUT2D eigenvalue weighted by atomic mass is 16.4. The maximum atomic E-state index is 13.6. The average molecular weight is 479 g/mol. The highest BCUT2D eigenvalue weighted by molar-refractivity contribution is 6.12. The van der Waals surface area contributed by atoms with Crippen LogP contribution in [0.5, 0.6) is 5.75 Å². The molecule has 0 spiro atoms. The highest BCUT2D eigenvalue weighted by Gasteiger charge is 2.41. The first-order chi connectivity index (χ1) is 17.2. The van der Waals surface area contributed by atoms with Gasteiger partial charge >= 0.3 is 5.97 Å². The number of benzene rings is 3. The van der Waals surface area contributed by atoms with Crippen LogP contribution in [0.15, 0.2) is 76.7 Å². The fraction of sp³-hybridized carbons (Fsp3) is 0.200. The fourth-order valence-electron chi connectivity index (χ4n) is 5.56. The normalized spacial score (nSPS) is 18.5. The number of carbonyl (C=O) groups excluding carboxylic acids is 1. The molecule has 0 saturated carbocycles. The molecule has 0 radical (unpaired) electrons. The van der Waals surface area contributed by atoms with Gasteiger partial charge in [-0.05, 0) is 52.4 Å². The van der Waals surface area contributed by atoms with Gasteiger partial charge < -0.3 is 19.9 Å². The van der Waals surface area contributed by atoms with Crippen LogP contribution in [0, 0.1) is 5.41 Å². The quantitative estimate of drug-likeness (QED) is 0.364. The molecule has 6 nitrogen and oxygen atoms in total. The van der Waals surface area contributed by atoms with Crippen LogP contribution in [0.25, 0.3) is 27.7 Å². The molecular formula is C30H24NO5-. The summed E-state index contributed by atoms with van der Waals surface area (Å²) >= 11 is 0. The summed E-state index contributed by atoms with van der Waals surface area (Å²) in [4.78, 5) is 25.0. The Bertz CT molecular complexity index is 1610. The molecule has 4 aromatic rings. The van der Waals surface area contributed by atoms with E-state index in [0.29, 0.717) is 23.5 Å². The van der Waals surface area contributed by atoms with Gasteiger partial charge in [-0.15, -0.1) is 0 Å². The molecule has 6 heteroatoms. The van der Waals surface area contributed by atoms with Crippen molar-refractivity contribution in [3.63, 3.8) is 0 Å². The van der Waals surface area contributed by atoms with Crippen molar-refractivity contribution in [3.8, 4) is 17.1 Å². The minimum atomic E-state index is -1.28. The molecule has 2 heterocycles. The van der Waals surface area contributed by atoms with Crippen molar-refractivity contribution in [2.75, 3.05) is 5.32 Å². The van der Waals surface area contributed by atoms with E-state index < -0.39 is 17.8 Å². The number of hydrogen-bond donors (Lipinski definition) is 2. The molecule has 2 aliphatic rings. The minimum Gasteiger partial charge on any atom is -0.872 e. The molecule has 0 amide bonds. The van der Waals surface area contributed by atoms with Gasteiger partial charge in [-0.3, -0.25) is 4.79 Å². The molecule has 0 fully saturated rings. The zero-order valence-electron chi connectivity index (χ0n) is 19.9. The summed E-state index contributed by atoms with van der Waals surface area (Å²) in [5, 5.41) is 27.0. The SMILES string of the molecule is CC1(C)CC(=O)C2=C(C1)c1c(ccc3ccccc13)N[C@H]2c1ccc(-c2ccc([O-])c(C(=O)O)c2)o1. The number of anilines is 1. The third kappa shape index (κ3) is 3.49. The summed E-state index contributed by atoms with van der Waals surface area (Å²) < 4.78 is 6.19. The Hall–Kier alpha value is -4.32. The first-order valence-corrected chi connectivity index (χ1v) is 11.9. The van der Waals surface area contributed by atoms with E-state index in [1.807, 2.05) is 18.2 Å². The summed E-state index contributed by atoms with van der Waals surface area (Å²) in [6.07, 6.45) is 1.22. The van der Waals surface area contributed by atoms with E-state index in [1.165, 1.54) is 12.1 Å². The van der Waals surface area contributed by atoms with Gasteiger partial charge in [0.25, 0.3) is 0 Å². The van der Waals surface area contributed by atoms with E-state index in [0.717, 1.165) is 39.6 Å². The van der Waals surface area contributed by atoms with Crippen LogP contribution in [0.1, 0.15) is 54.4 Å². The summed E-state index contributed by atoms with van der Waals surface area (Å²) in [6, 6.07) is 19.5. The number of furan rings is 1. The van der Waals surface area contributed by atoms with Crippen molar-refractivity contribution in [1.82, 2.24) is 0 Å². The molecule has 1 atom stereocenters. The fourth-order valence-corrected chi connectivity index (χ4v) is 5.56. The number of allylic oxidation sites excluding steroid dienone is 1. The lowest BCUT2D eigenvalue weighted by molar-refractivity contribution is -0.268. The number of Topliss-reactive ketones (excluding diaryl/α,β-unsaturated/α-hetero) is 1. The molecule has 6 rings (SSSR count). The number of aromatic carboxylic acids is 1. The maximum absolute atomic E-state index is 13.6. The molecule has 1 aliphatic carbocycles. The van der Waals surface area contributed by atoms with Gasteiger partial charge in [0, 0.05) is 28.8 Å². The van der Waals surface area contributed by atoms with Crippen LogP contribution >= 0.6 is 0 Å². The van der Waals surface area contributed by atoms with E-state index in [2.05, 4.69) is 43.4 Å². The van der Waals surface area contributed by atoms with Gasteiger partial charge in [0.05, 0.1) is 5.56 Å². The smallest absolute Gasteiger partial charge is 0.335 e. The number of carboxylic acid groups (broad SMARTS) is 1. The van der Waals surface area contributed by atoms with Crippen molar-refractivity contribution in [1.29, 1.82) is 0 Å². The maximum Gasteiger partial charge on any atom is 0.335 e. The molecule has 3 aromatic carbocycles. The second-order valence-electron chi connectivity index (χ2n) is 10.3. The van der Waals surface area contributed by atoms with Gasteiger partial charge in [-0.25, -0.2) is 4.79 Å². The second-order valence-corrected chi connectivity index (χ2v) is 10.3. The Morgan fingerprint density at radius 1 is 1.06 bits per heavy atom. The van der Waals surface area contributed by atoms with E-state index in [1.54, 1.807) is 12.1 Å². The number of ketones is 1. The van der Waals surface area contributed by atoms with Crippen LogP contribution in [0.2, 0.25) is 0 Å². The Morgan fingerprint density at radius 3 is 2.67 bits per heavy atom.